The van der Waals surface area contributed by atoms with Gasteiger partial charge in [0.25, 0.3) is 0 Å². The first kappa shape index (κ1) is 27.7. The van der Waals surface area contributed by atoms with E-state index in [1.54, 1.807) is 6.08 Å². The van der Waals surface area contributed by atoms with Crippen LogP contribution in [0.4, 0.5) is 0 Å². The minimum Gasteiger partial charge on any atom is -0.394 e. The first-order chi connectivity index (χ1) is 16.5. The van der Waals surface area contributed by atoms with Crippen LogP contribution in [-0.4, -0.2) is 34.9 Å². The quantitative estimate of drug-likeness (QED) is 0.165. The van der Waals surface area contributed by atoms with Gasteiger partial charge in [0, 0.05) is 5.41 Å². The molecule has 7 atom stereocenters. The molecule has 0 aliphatic heterocycles. The number of aliphatic hydroxyl groups is 2. The lowest BCUT2D eigenvalue weighted by atomic mass is 9.46. The number of rotatable bonds is 17. The number of nitrogens with one attached hydrogen (secondary N) is 1. The molecule has 1 amide bonds. The lowest BCUT2D eigenvalue weighted by Gasteiger charge is -2.58. The topological polar surface area (TPSA) is 69.6 Å². The third-order valence-corrected chi connectivity index (χ3v) is 9.46. The molecule has 3 unspecified atom stereocenters. The van der Waals surface area contributed by atoms with Crippen LogP contribution in [0.3, 0.4) is 0 Å². The van der Waals surface area contributed by atoms with Crippen LogP contribution in [0, 0.1) is 29.1 Å². The highest BCUT2D eigenvalue weighted by Crippen LogP contribution is 2.62. The van der Waals surface area contributed by atoms with Crippen molar-refractivity contribution in [3.8, 4) is 0 Å². The fourth-order valence-electron chi connectivity index (χ4n) is 7.41. The van der Waals surface area contributed by atoms with E-state index in [9.17, 15) is 15.0 Å². The van der Waals surface area contributed by atoms with Crippen molar-refractivity contribution in [2.24, 2.45) is 29.1 Å². The van der Waals surface area contributed by atoms with Gasteiger partial charge in [0.2, 0.25) is 5.91 Å². The average molecular weight is 476 g/mol. The summed E-state index contributed by atoms with van der Waals surface area (Å²) in [5.74, 6) is 2.88. The molecular formula is C30H53NO3. The molecule has 0 saturated heterocycles. The molecule has 4 aliphatic carbocycles. The van der Waals surface area contributed by atoms with Crippen molar-refractivity contribution in [1.82, 2.24) is 5.32 Å². The van der Waals surface area contributed by atoms with Crippen LogP contribution in [0.15, 0.2) is 12.2 Å². The molecule has 4 fully saturated rings. The molecule has 0 heterocycles. The largest absolute Gasteiger partial charge is 0.394 e. The number of unbranched alkanes of at least 4 members (excludes halogenated alkanes) is 11. The zero-order valence-corrected chi connectivity index (χ0v) is 22.1. The van der Waals surface area contributed by atoms with Crippen LogP contribution >= 0.6 is 0 Å². The summed E-state index contributed by atoms with van der Waals surface area (Å²) in [5.41, 5.74) is -0.255. The fraction of sp³-hybridized carbons (Fsp3) is 0.900. The molecule has 4 heteroatoms. The van der Waals surface area contributed by atoms with Gasteiger partial charge in [-0.25, -0.2) is 0 Å². The lowest BCUT2D eigenvalue weighted by Crippen LogP contribution is -2.59. The smallest absolute Gasteiger partial charge is 0.226 e. The molecule has 0 radical (unpaired) electrons. The summed E-state index contributed by atoms with van der Waals surface area (Å²) in [4.78, 5) is 13.3. The van der Waals surface area contributed by atoms with Crippen LogP contribution < -0.4 is 5.32 Å². The predicted octanol–water partition coefficient (Wildman–Crippen LogP) is 6.54. The molecule has 0 aromatic carbocycles. The van der Waals surface area contributed by atoms with E-state index in [1.807, 2.05) is 6.08 Å². The molecule has 0 aromatic heterocycles. The highest BCUT2D eigenvalue weighted by molar-refractivity contribution is 5.83. The van der Waals surface area contributed by atoms with Gasteiger partial charge in [-0.1, -0.05) is 90.2 Å². The minimum atomic E-state index is -0.825. The van der Waals surface area contributed by atoms with E-state index >= 15 is 0 Å². The molecule has 196 valence electrons. The molecular weight excluding hydrogens is 422 g/mol. The lowest BCUT2D eigenvalue weighted by molar-refractivity contribution is -0.153. The second-order valence-electron chi connectivity index (χ2n) is 12.1. The van der Waals surface area contributed by atoms with Crippen molar-refractivity contribution in [2.45, 2.75) is 135 Å². The van der Waals surface area contributed by atoms with E-state index in [4.69, 9.17) is 0 Å². The fourth-order valence-corrected chi connectivity index (χ4v) is 7.41. The number of aliphatic hydroxyl groups excluding tert-OH is 2. The van der Waals surface area contributed by atoms with Crippen LogP contribution in [-0.2, 0) is 4.79 Å². The van der Waals surface area contributed by atoms with Crippen molar-refractivity contribution >= 4 is 5.91 Å². The number of allylic oxidation sites excluding steroid dienone is 1. The van der Waals surface area contributed by atoms with Crippen LogP contribution in [0.5, 0.6) is 0 Å². The third kappa shape index (κ3) is 7.56. The molecule has 3 N–H and O–H groups in total. The summed E-state index contributed by atoms with van der Waals surface area (Å²) < 4.78 is 0. The Hall–Kier alpha value is -0.870. The Morgan fingerprint density at radius 2 is 1.50 bits per heavy atom. The Morgan fingerprint density at radius 3 is 2.06 bits per heavy atom. The SMILES string of the molecule is CCCCCCCCCCCCC/C=C/[C@@H](O)[C@H](CO)NC(=O)C12CC3CC(C1)[C@@H](C)[C@H](C3)C2. The second kappa shape index (κ2) is 14.0. The van der Waals surface area contributed by atoms with Crippen molar-refractivity contribution in [2.75, 3.05) is 6.61 Å². The first-order valence-electron chi connectivity index (χ1n) is 14.8. The Kier molecular flexibility index (Phi) is 11.4. The monoisotopic (exact) mass is 475 g/mol. The first-order valence-corrected chi connectivity index (χ1v) is 14.8. The normalized spacial score (nSPS) is 31.8. The van der Waals surface area contributed by atoms with Gasteiger partial charge >= 0.3 is 0 Å². The van der Waals surface area contributed by atoms with Crippen molar-refractivity contribution in [3.63, 3.8) is 0 Å². The Morgan fingerprint density at radius 1 is 0.941 bits per heavy atom. The second-order valence-corrected chi connectivity index (χ2v) is 12.1. The Bertz CT molecular complexity index is 617. The standard InChI is InChI=1S/C30H53NO3/c1-3-4-5-6-7-8-9-10-11-12-13-14-15-16-28(33)27(22-32)31-29(34)30-19-24-17-25(20-30)23(2)26(18-24)21-30/h15-16,23-28,32-33H,3-14,17-22H2,1-2H3,(H,31,34)/b16-15+/t23-,24?,25+,26?,27-,28+,30?/m0/s1. The summed E-state index contributed by atoms with van der Waals surface area (Å²) in [6.07, 6.45) is 24.2. The molecule has 0 spiro atoms. The predicted molar refractivity (Wildman–Crippen MR) is 140 cm³/mol. The minimum absolute atomic E-state index is 0.0793. The van der Waals surface area contributed by atoms with Gasteiger partial charge in [0.05, 0.1) is 18.8 Å². The average Bonchev–Trinajstić information content (AvgIpc) is 2.82. The maximum atomic E-state index is 13.3. The van der Waals surface area contributed by atoms with Crippen LogP contribution in [0.2, 0.25) is 0 Å². The van der Waals surface area contributed by atoms with Crippen LogP contribution in [0.25, 0.3) is 0 Å². The van der Waals surface area contributed by atoms with E-state index < -0.39 is 12.1 Å². The zero-order chi connectivity index (χ0) is 24.4. The molecule has 4 nitrogen and oxygen atoms in total. The zero-order valence-electron chi connectivity index (χ0n) is 22.1. The van der Waals surface area contributed by atoms with Crippen LogP contribution in [0.1, 0.15) is 123 Å². The van der Waals surface area contributed by atoms with Gasteiger partial charge in [-0.05, 0) is 68.6 Å². The van der Waals surface area contributed by atoms with E-state index in [2.05, 4.69) is 19.2 Å². The molecule has 34 heavy (non-hydrogen) atoms. The van der Waals surface area contributed by atoms with Crippen molar-refractivity contribution in [3.05, 3.63) is 12.2 Å². The summed E-state index contributed by atoms with van der Waals surface area (Å²) >= 11 is 0. The number of carbonyl (C=O) groups excluding carboxylic acids is 1. The molecule has 4 rings (SSSR count). The highest BCUT2D eigenvalue weighted by Gasteiger charge is 2.57. The maximum absolute atomic E-state index is 13.3. The van der Waals surface area contributed by atoms with Gasteiger partial charge in [0.15, 0.2) is 0 Å². The Balaban J connectivity index is 1.29. The maximum Gasteiger partial charge on any atom is 0.226 e. The molecule has 0 aromatic rings. The summed E-state index contributed by atoms with van der Waals surface area (Å²) in [5, 5.41) is 23.5. The van der Waals surface area contributed by atoms with Crippen molar-refractivity contribution in [1.29, 1.82) is 0 Å². The molecule has 4 saturated carbocycles. The van der Waals surface area contributed by atoms with Gasteiger partial charge in [-0.15, -0.1) is 0 Å². The molecule has 4 aliphatic rings. The summed E-state index contributed by atoms with van der Waals surface area (Å²) in [6.45, 7) is 4.42. The number of carbonyl (C=O) groups is 1. The molecule has 4 bridgehead atoms. The highest BCUT2D eigenvalue weighted by atomic mass is 16.3. The van der Waals surface area contributed by atoms with Gasteiger partial charge in [-0.3, -0.25) is 4.79 Å². The summed E-state index contributed by atoms with van der Waals surface area (Å²) in [6, 6.07) is -0.605. The van der Waals surface area contributed by atoms with E-state index in [0.29, 0.717) is 17.8 Å². The van der Waals surface area contributed by atoms with Crippen molar-refractivity contribution < 1.29 is 15.0 Å². The Labute approximate surface area is 209 Å². The van der Waals surface area contributed by atoms with E-state index in [1.165, 1.54) is 77.0 Å². The third-order valence-electron chi connectivity index (χ3n) is 9.46. The van der Waals surface area contributed by atoms with Gasteiger partial charge in [-0.2, -0.15) is 0 Å². The van der Waals surface area contributed by atoms with Gasteiger partial charge < -0.3 is 15.5 Å². The van der Waals surface area contributed by atoms with Gasteiger partial charge in [0.1, 0.15) is 0 Å². The number of amides is 1. The van der Waals surface area contributed by atoms with E-state index in [0.717, 1.165) is 38.0 Å². The van der Waals surface area contributed by atoms with E-state index in [-0.39, 0.29) is 17.9 Å². The number of hydrogen-bond acceptors (Lipinski definition) is 3. The summed E-state index contributed by atoms with van der Waals surface area (Å²) in [7, 11) is 0. The number of hydrogen-bond donors (Lipinski definition) is 3.